The molecule has 2 aromatic rings. The monoisotopic (exact) mass is 381 g/mol. The topological polar surface area (TPSA) is 37.4 Å². The number of pyridine rings is 1. The highest BCUT2D eigenvalue weighted by atomic mass is 16.5. The maximum Gasteiger partial charge on any atom is 0.130 e. The summed E-state index contributed by atoms with van der Waals surface area (Å²) in [6.45, 7) is 15.0. The maximum atomic E-state index is 6.06. The molecule has 0 amide bonds. The number of rotatable bonds is 6. The fourth-order valence-corrected chi connectivity index (χ4v) is 4.02. The summed E-state index contributed by atoms with van der Waals surface area (Å²) in [7, 11) is 0. The molecule has 28 heavy (non-hydrogen) atoms. The zero-order valence-electron chi connectivity index (χ0n) is 18.1. The van der Waals surface area contributed by atoms with Crippen LogP contribution in [-0.2, 0) is 13.2 Å². The van der Waals surface area contributed by atoms with Gasteiger partial charge >= 0.3 is 0 Å². The number of nitrogens with one attached hydrogen (secondary N) is 1. The Hall–Kier alpha value is -1.91. The Balaban J connectivity index is 1.53. The van der Waals surface area contributed by atoms with Crippen molar-refractivity contribution in [1.82, 2.24) is 15.2 Å². The van der Waals surface area contributed by atoms with Gasteiger partial charge in [0.2, 0.25) is 0 Å². The van der Waals surface area contributed by atoms with E-state index in [4.69, 9.17) is 4.74 Å². The van der Waals surface area contributed by atoms with Crippen LogP contribution in [-0.4, -0.2) is 34.6 Å². The van der Waals surface area contributed by atoms with Crippen LogP contribution in [0.1, 0.15) is 56.0 Å². The number of hydrogen-bond donors (Lipinski definition) is 1. The molecule has 4 heteroatoms. The molecule has 152 valence electrons. The number of nitrogens with zero attached hydrogens (tertiary/aromatic N) is 2. The van der Waals surface area contributed by atoms with Crippen LogP contribution in [0.15, 0.2) is 36.5 Å². The second-order valence-electron chi connectivity index (χ2n) is 8.98. The van der Waals surface area contributed by atoms with Crippen molar-refractivity contribution in [3.8, 4) is 5.75 Å². The molecule has 0 bridgehead atoms. The van der Waals surface area contributed by atoms with Crippen molar-refractivity contribution < 1.29 is 4.74 Å². The molecule has 0 unspecified atom stereocenters. The van der Waals surface area contributed by atoms with Gasteiger partial charge in [-0.15, -0.1) is 0 Å². The normalized spacial score (nSPS) is 16.3. The smallest absolute Gasteiger partial charge is 0.130 e. The molecule has 1 fully saturated rings. The number of hydrogen-bond acceptors (Lipinski definition) is 4. The van der Waals surface area contributed by atoms with E-state index < -0.39 is 0 Å². The van der Waals surface area contributed by atoms with Crippen molar-refractivity contribution >= 4 is 0 Å². The van der Waals surface area contributed by atoms with Crippen molar-refractivity contribution in [2.45, 2.75) is 72.2 Å². The molecule has 0 spiro atoms. The Morgan fingerprint density at radius 3 is 2.36 bits per heavy atom. The summed E-state index contributed by atoms with van der Waals surface area (Å²) in [5.41, 5.74) is 4.95. The third-order valence-corrected chi connectivity index (χ3v) is 5.65. The van der Waals surface area contributed by atoms with E-state index in [1.54, 1.807) is 6.20 Å². The van der Waals surface area contributed by atoms with Gasteiger partial charge in [-0.1, -0.05) is 18.2 Å². The second-order valence-corrected chi connectivity index (χ2v) is 8.98. The lowest BCUT2D eigenvalue weighted by Gasteiger charge is -2.41. The summed E-state index contributed by atoms with van der Waals surface area (Å²) in [5, 5.41) is 3.76. The van der Waals surface area contributed by atoms with Crippen LogP contribution < -0.4 is 10.1 Å². The van der Waals surface area contributed by atoms with Crippen LogP contribution in [0.2, 0.25) is 0 Å². The van der Waals surface area contributed by atoms with Gasteiger partial charge in [-0.2, -0.15) is 0 Å². The molecule has 1 aromatic carbocycles. The van der Waals surface area contributed by atoms with Crippen LogP contribution in [0.25, 0.3) is 0 Å². The van der Waals surface area contributed by atoms with E-state index in [0.29, 0.717) is 12.6 Å². The molecule has 0 saturated carbocycles. The number of benzene rings is 1. The second kappa shape index (κ2) is 9.06. The van der Waals surface area contributed by atoms with Crippen molar-refractivity contribution in [3.63, 3.8) is 0 Å². The minimum absolute atomic E-state index is 0.282. The van der Waals surface area contributed by atoms with E-state index in [-0.39, 0.29) is 5.54 Å². The number of aryl methyl sites for hydroxylation is 2. The van der Waals surface area contributed by atoms with Gasteiger partial charge in [0.25, 0.3) is 0 Å². The van der Waals surface area contributed by atoms with Crippen LogP contribution in [0, 0.1) is 13.8 Å². The van der Waals surface area contributed by atoms with Crippen LogP contribution >= 0.6 is 0 Å². The third-order valence-electron chi connectivity index (χ3n) is 5.65. The number of piperidine rings is 1. The van der Waals surface area contributed by atoms with Gasteiger partial charge in [0.1, 0.15) is 12.4 Å². The van der Waals surface area contributed by atoms with Gasteiger partial charge in [0.05, 0.1) is 5.69 Å². The summed E-state index contributed by atoms with van der Waals surface area (Å²) in [6.07, 6.45) is 4.25. The van der Waals surface area contributed by atoms with Gasteiger partial charge in [-0.25, -0.2) is 0 Å². The van der Waals surface area contributed by atoms with Crippen LogP contribution in [0.4, 0.5) is 0 Å². The first kappa shape index (κ1) is 20.8. The van der Waals surface area contributed by atoms with Gasteiger partial charge in [0, 0.05) is 37.4 Å². The molecule has 0 aliphatic carbocycles. The van der Waals surface area contributed by atoms with Gasteiger partial charge in [0.15, 0.2) is 0 Å². The lowest BCUT2D eigenvalue weighted by molar-refractivity contribution is 0.0960. The molecule has 2 heterocycles. The maximum absolute atomic E-state index is 6.06. The summed E-state index contributed by atoms with van der Waals surface area (Å²) in [5.74, 6) is 0.980. The standard InChI is InChI=1S/C24H35N3O/c1-18-14-20(16-26-21-9-12-27(13-10-21)24(3,4)5)15-19(2)23(18)28-17-22-8-6-7-11-25-22/h6-8,11,14-15,21,26H,9-10,12-13,16-17H2,1-5H3. The zero-order valence-corrected chi connectivity index (χ0v) is 18.1. The minimum atomic E-state index is 0.282. The molecule has 0 radical (unpaired) electrons. The van der Waals surface area contributed by atoms with Gasteiger partial charge in [-0.3, -0.25) is 9.88 Å². The van der Waals surface area contributed by atoms with E-state index in [1.807, 2.05) is 18.2 Å². The SMILES string of the molecule is Cc1cc(CNC2CCN(C(C)(C)C)CC2)cc(C)c1OCc1ccccn1. The largest absolute Gasteiger partial charge is 0.487 e. The van der Waals surface area contributed by atoms with Crippen molar-refractivity contribution in [2.75, 3.05) is 13.1 Å². The summed E-state index contributed by atoms with van der Waals surface area (Å²) >= 11 is 0. The molecule has 1 saturated heterocycles. The zero-order chi connectivity index (χ0) is 20.1. The lowest BCUT2D eigenvalue weighted by atomic mass is 9.97. The Labute approximate surface area is 170 Å². The molecule has 1 N–H and O–H groups in total. The van der Waals surface area contributed by atoms with Crippen LogP contribution in [0.3, 0.4) is 0 Å². The molecule has 1 aromatic heterocycles. The van der Waals surface area contributed by atoms with Crippen molar-refractivity contribution in [3.05, 3.63) is 58.9 Å². The number of ether oxygens (including phenoxy) is 1. The third kappa shape index (κ3) is 5.55. The Kier molecular flexibility index (Phi) is 6.73. The first-order valence-electron chi connectivity index (χ1n) is 10.4. The molecule has 4 nitrogen and oxygen atoms in total. The first-order chi connectivity index (χ1) is 13.3. The lowest BCUT2D eigenvalue weighted by Crippen LogP contribution is -2.49. The van der Waals surface area contributed by atoms with Crippen molar-refractivity contribution in [2.24, 2.45) is 0 Å². The number of aromatic nitrogens is 1. The Morgan fingerprint density at radius 2 is 1.79 bits per heavy atom. The van der Waals surface area contributed by atoms with Crippen LogP contribution in [0.5, 0.6) is 5.75 Å². The predicted molar refractivity (Wildman–Crippen MR) is 116 cm³/mol. The average molecular weight is 382 g/mol. The predicted octanol–water partition coefficient (Wildman–Crippen LogP) is 4.63. The molecule has 1 aliphatic heterocycles. The minimum Gasteiger partial charge on any atom is -0.487 e. The van der Waals surface area contributed by atoms with E-state index in [1.165, 1.54) is 42.6 Å². The average Bonchev–Trinajstić information content (AvgIpc) is 2.66. The van der Waals surface area contributed by atoms with E-state index in [2.05, 4.69) is 62.0 Å². The summed E-state index contributed by atoms with van der Waals surface area (Å²) in [4.78, 5) is 6.92. The summed E-state index contributed by atoms with van der Waals surface area (Å²) in [6, 6.07) is 11.0. The van der Waals surface area contributed by atoms with Crippen molar-refractivity contribution in [1.29, 1.82) is 0 Å². The molecule has 1 aliphatic rings. The van der Waals surface area contributed by atoms with E-state index in [9.17, 15) is 0 Å². The fraction of sp³-hybridized carbons (Fsp3) is 0.542. The first-order valence-corrected chi connectivity index (χ1v) is 10.4. The number of likely N-dealkylation sites (tertiary alicyclic amines) is 1. The fourth-order valence-electron chi connectivity index (χ4n) is 4.02. The van der Waals surface area contributed by atoms with Gasteiger partial charge in [-0.05, 0) is 76.3 Å². The Morgan fingerprint density at radius 1 is 1.11 bits per heavy atom. The molecular formula is C24H35N3O. The highest BCUT2D eigenvalue weighted by Gasteiger charge is 2.26. The highest BCUT2D eigenvalue weighted by molar-refractivity contribution is 5.43. The molecular weight excluding hydrogens is 346 g/mol. The van der Waals surface area contributed by atoms with E-state index >= 15 is 0 Å². The Bertz CT molecular complexity index is 736. The van der Waals surface area contributed by atoms with Gasteiger partial charge < -0.3 is 10.1 Å². The van der Waals surface area contributed by atoms with E-state index in [0.717, 1.165) is 18.0 Å². The molecule has 0 atom stereocenters. The summed E-state index contributed by atoms with van der Waals surface area (Å²) < 4.78 is 6.06. The quantitative estimate of drug-likeness (QED) is 0.792. The molecule has 3 rings (SSSR count). The highest BCUT2D eigenvalue weighted by Crippen LogP contribution is 2.26.